The lowest BCUT2D eigenvalue weighted by Crippen LogP contribution is -2.10. The smallest absolute Gasteiger partial charge is 0.324 e. The molecule has 68 valence electrons. The summed E-state index contributed by atoms with van der Waals surface area (Å²) in [4.78, 5) is 33.7. The summed E-state index contributed by atoms with van der Waals surface area (Å²) >= 11 is 0. The van der Waals surface area contributed by atoms with E-state index < -0.39 is 20.6 Å². The number of hydrogen-bond acceptors (Lipinski definition) is 2. The van der Waals surface area contributed by atoms with Gasteiger partial charge in [-0.2, -0.15) is 0 Å². The molecule has 1 atom stereocenters. The summed E-state index contributed by atoms with van der Waals surface area (Å²) in [5.41, 5.74) is 0. The van der Waals surface area contributed by atoms with E-state index in [-0.39, 0.29) is 6.16 Å². The summed E-state index contributed by atoms with van der Waals surface area (Å²) in [5, 5.41) is -1.89. The topological polar surface area (TPSA) is 115 Å². The Morgan fingerprint density at radius 3 is 1.36 bits per heavy atom. The second-order valence-corrected chi connectivity index (χ2v) is 6.38. The molecule has 0 aromatic carbocycles. The van der Waals surface area contributed by atoms with Gasteiger partial charge in [0.1, 0.15) is 0 Å². The van der Waals surface area contributed by atoms with E-state index in [0.717, 1.165) is 0 Å². The molecule has 0 spiro atoms. The van der Waals surface area contributed by atoms with E-state index in [1.807, 2.05) is 9.24 Å². The van der Waals surface area contributed by atoms with Gasteiger partial charge in [-0.25, -0.2) is 0 Å². The fourth-order valence-corrected chi connectivity index (χ4v) is 4.24. The van der Waals surface area contributed by atoms with Crippen molar-refractivity contribution < 1.29 is 28.7 Å². The molecule has 0 heterocycles. The minimum atomic E-state index is -4.68. The second kappa shape index (κ2) is 3.63. The van der Waals surface area contributed by atoms with Gasteiger partial charge in [0, 0.05) is 0 Å². The zero-order chi connectivity index (χ0) is 9.28. The average Bonchev–Trinajstić information content (AvgIpc) is 1.56. The summed E-state index contributed by atoms with van der Waals surface area (Å²) in [6.45, 7) is 0. The third-order valence-electron chi connectivity index (χ3n) is 0.987. The van der Waals surface area contributed by atoms with Crippen molar-refractivity contribution >= 4 is 24.4 Å². The summed E-state index contributed by atoms with van der Waals surface area (Å²) in [7, 11) is -7.48. The van der Waals surface area contributed by atoms with Gasteiger partial charge >= 0.3 is 15.2 Å². The van der Waals surface area contributed by atoms with Crippen LogP contribution in [0.15, 0.2) is 0 Å². The summed E-state index contributed by atoms with van der Waals surface area (Å²) < 4.78 is 20.8. The zero-order valence-electron chi connectivity index (χ0n) is 5.36. The summed E-state index contributed by atoms with van der Waals surface area (Å²) in [6, 6.07) is 0. The summed E-state index contributed by atoms with van der Waals surface area (Å²) in [6.07, 6.45) is -0.325. The average molecular weight is 222 g/mol. The SMILES string of the molecule is O=P(O)(O)C(CP)P(=O)(O)O. The van der Waals surface area contributed by atoms with Gasteiger partial charge in [0.05, 0.1) is 0 Å². The maximum absolute atomic E-state index is 10.4. The largest absolute Gasteiger partial charge is 0.341 e. The van der Waals surface area contributed by atoms with Crippen molar-refractivity contribution in [2.24, 2.45) is 0 Å². The molecule has 0 amide bonds. The Hall–Kier alpha value is 0.730. The molecule has 0 fully saturated rings. The molecule has 0 saturated heterocycles. The first kappa shape index (κ1) is 11.7. The molecular formula is C2H9O6P3. The van der Waals surface area contributed by atoms with Crippen LogP contribution in [0.5, 0.6) is 0 Å². The highest BCUT2D eigenvalue weighted by Gasteiger charge is 2.41. The Bertz CT molecular complexity index is 190. The van der Waals surface area contributed by atoms with Gasteiger partial charge in [-0.3, -0.25) is 9.13 Å². The predicted molar refractivity (Wildman–Crippen MR) is 42.5 cm³/mol. The lowest BCUT2D eigenvalue weighted by molar-refractivity contribution is 0.343. The first-order valence-corrected chi connectivity index (χ1v) is 6.68. The molecule has 0 rings (SSSR count). The van der Waals surface area contributed by atoms with Crippen LogP contribution in [0.1, 0.15) is 0 Å². The van der Waals surface area contributed by atoms with Crippen molar-refractivity contribution in [1.82, 2.24) is 0 Å². The minimum Gasteiger partial charge on any atom is -0.324 e. The first-order chi connectivity index (χ1) is 4.69. The highest BCUT2D eigenvalue weighted by molar-refractivity contribution is 7.71. The van der Waals surface area contributed by atoms with Crippen LogP contribution in [-0.4, -0.2) is 31.1 Å². The quantitative estimate of drug-likeness (QED) is 0.480. The molecule has 0 aliphatic carbocycles. The fourth-order valence-electron chi connectivity index (χ4n) is 0.471. The van der Waals surface area contributed by atoms with Crippen molar-refractivity contribution in [3.8, 4) is 0 Å². The third kappa shape index (κ3) is 3.77. The first-order valence-electron chi connectivity index (χ1n) is 2.50. The zero-order valence-corrected chi connectivity index (χ0v) is 8.31. The summed E-state index contributed by atoms with van der Waals surface area (Å²) in [5.74, 6) is 0. The molecule has 0 aromatic rings. The Morgan fingerprint density at radius 2 is 1.36 bits per heavy atom. The Kier molecular flexibility index (Phi) is 3.87. The van der Waals surface area contributed by atoms with Crippen molar-refractivity contribution in [2.45, 2.75) is 5.40 Å². The van der Waals surface area contributed by atoms with Gasteiger partial charge in [0.25, 0.3) is 0 Å². The molecule has 1 unspecified atom stereocenters. The van der Waals surface area contributed by atoms with Gasteiger partial charge in [0.15, 0.2) is 5.40 Å². The molecule has 0 aliphatic rings. The van der Waals surface area contributed by atoms with Gasteiger partial charge in [0.2, 0.25) is 0 Å². The highest BCUT2D eigenvalue weighted by Crippen LogP contribution is 2.60. The lowest BCUT2D eigenvalue weighted by Gasteiger charge is -2.16. The van der Waals surface area contributed by atoms with Crippen molar-refractivity contribution in [2.75, 3.05) is 6.16 Å². The van der Waals surface area contributed by atoms with Crippen molar-refractivity contribution in [3.63, 3.8) is 0 Å². The molecule has 0 aromatic heterocycles. The molecule has 0 bridgehead atoms. The molecule has 6 nitrogen and oxygen atoms in total. The Morgan fingerprint density at radius 1 is 1.09 bits per heavy atom. The maximum Gasteiger partial charge on any atom is 0.341 e. The molecule has 0 radical (unpaired) electrons. The van der Waals surface area contributed by atoms with Crippen LogP contribution in [0.25, 0.3) is 0 Å². The van der Waals surface area contributed by atoms with Gasteiger partial charge in [-0.05, 0) is 6.16 Å². The van der Waals surface area contributed by atoms with Crippen molar-refractivity contribution in [1.29, 1.82) is 0 Å². The van der Waals surface area contributed by atoms with E-state index in [2.05, 4.69) is 0 Å². The highest BCUT2D eigenvalue weighted by atomic mass is 31.2. The van der Waals surface area contributed by atoms with Crippen molar-refractivity contribution in [3.05, 3.63) is 0 Å². The van der Waals surface area contributed by atoms with E-state index in [0.29, 0.717) is 0 Å². The monoisotopic (exact) mass is 222 g/mol. The van der Waals surface area contributed by atoms with E-state index in [1.165, 1.54) is 0 Å². The Balaban J connectivity index is 4.72. The predicted octanol–water partition coefficient (Wildman–Crippen LogP) is -0.457. The van der Waals surface area contributed by atoms with Gasteiger partial charge in [-0.15, -0.1) is 9.24 Å². The van der Waals surface area contributed by atoms with Crippen LogP contribution in [0, 0.1) is 0 Å². The van der Waals surface area contributed by atoms with E-state index in [9.17, 15) is 9.13 Å². The molecule has 0 aliphatic heterocycles. The van der Waals surface area contributed by atoms with E-state index in [1.54, 1.807) is 0 Å². The van der Waals surface area contributed by atoms with Crippen LogP contribution < -0.4 is 0 Å². The molecule has 0 saturated carbocycles. The number of hydrogen-bond donors (Lipinski definition) is 4. The molecule has 4 N–H and O–H groups in total. The fraction of sp³-hybridized carbons (Fsp3) is 1.00. The maximum atomic E-state index is 10.4. The normalized spacial score (nSPS) is 14.0. The molecule has 9 heteroatoms. The van der Waals surface area contributed by atoms with Crippen LogP contribution in [0.2, 0.25) is 0 Å². The Labute approximate surface area is 65.5 Å². The standard InChI is InChI=1S/C2H9O6P3/c3-10(4,5)2(1-9)11(6,7)8/h2H,1,9H2,(H2,3,4,5)(H2,6,7,8). The van der Waals surface area contributed by atoms with Gasteiger partial charge in [-0.1, -0.05) is 0 Å². The third-order valence-corrected chi connectivity index (χ3v) is 6.03. The van der Waals surface area contributed by atoms with Gasteiger partial charge < -0.3 is 19.6 Å². The van der Waals surface area contributed by atoms with Crippen LogP contribution in [-0.2, 0) is 9.13 Å². The molecular weight excluding hydrogens is 213 g/mol. The number of rotatable bonds is 3. The van der Waals surface area contributed by atoms with Crippen LogP contribution in [0.3, 0.4) is 0 Å². The van der Waals surface area contributed by atoms with Crippen LogP contribution >= 0.6 is 24.4 Å². The van der Waals surface area contributed by atoms with E-state index in [4.69, 9.17) is 19.6 Å². The second-order valence-electron chi connectivity index (χ2n) is 1.89. The minimum absolute atomic E-state index is 0.325. The van der Waals surface area contributed by atoms with E-state index >= 15 is 0 Å². The lowest BCUT2D eigenvalue weighted by atomic mass is 10.9. The molecule has 11 heavy (non-hydrogen) atoms. The van der Waals surface area contributed by atoms with Crippen LogP contribution in [0.4, 0.5) is 0 Å².